The van der Waals surface area contributed by atoms with E-state index in [-0.39, 0.29) is 30.3 Å². The van der Waals surface area contributed by atoms with Crippen molar-refractivity contribution in [2.75, 3.05) is 31.3 Å². The molecule has 1 aliphatic rings. The molecule has 0 unspecified atom stereocenters. The Morgan fingerprint density at radius 3 is 2.07 bits per heavy atom. The van der Waals surface area contributed by atoms with E-state index in [0.29, 0.717) is 25.9 Å². The molecule has 0 aliphatic carbocycles. The molecule has 1 aromatic carbocycles. The van der Waals surface area contributed by atoms with E-state index in [4.69, 9.17) is 4.74 Å². The van der Waals surface area contributed by atoms with Gasteiger partial charge >= 0.3 is 5.97 Å². The monoisotopic (exact) mass is 424 g/mol. The summed E-state index contributed by atoms with van der Waals surface area (Å²) in [5.41, 5.74) is 2.88. The number of hydrogen-bond acceptors (Lipinski definition) is 5. The number of ether oxygens (including phenoxy) is 1. The molecule has 1 aliphatic heterocycles. The zero-order chi connectivity index (χ0) is 21.8. The molecule has 0 aromatic heterocycles. The maximum Gasteiger partial charge on any atom is 0.309 e. The lowest BCUT2D eigenvalue weighted by Crippen LogP contribution is -2.40. The van der Waals surface area contributed by atoms with Gasteiger partial charge in [0.25, 0.3) is 5.91 Å². The van der Waals surface area contributed by atoms with Gasteiger partial charge in [0.2, 0.25) is 10.0 Å². The van der Waals surface area contributed by atoms with Crippen molar-refractivity contribution in [3.63, 3.8) is 0 Å². The smallest absolute Gasteiger partial charge is 0.309 e. The van der Waals surface area contributed by atoms with Crippen molar-refractivity contribution < 1.29 is 22.7 Å². The largest absolute Gasteiger partial charge is 0.455 e. The Hall–Kier alpha value is -1.93. The summed E-state index contributed by atoms with van der Waals surface area (Å²) >= 11 is 0. The number of nitrogens with zero attached hydrogens (tertiary/aromatic N) is 1. The van der Waals surface area contributed by atoms with Gasteiger partial charge in [-0.2, -0.15) is 0 Å². The SMILES string of the molecule is CC(C)c1cccc(C(C)C)c1NC(=O)COC(=O)C1CCN(S(C)(=O)=O)CC1. The van der Waals surface area contributed by atoms with Gasteiger partial charge in [0.1, 0.15) is 0 Å². The van der Waals surface area contributed by atoms with E-state index < -0.39 is 16.0 Å². The molecule has 7 nitrogen and oxygen atoms in total. The van der Waals surface area contributed by atoms with Crippen LogP contribution in [-0.4, -0.2) is 50.6 Å². The van der Waals surface area contributed by atoms with Gasteiger partial charge in [-0.15, -0.1) is 0 Å². The Morgan fingerprint density at radius 1 is 1.10 bits per heavy atom. The molecule has 0 bridgehead atoms. The van der Waals surface area contributed by atoms with Crippen LogP contribution in [0.15, 0.2) is 18.2 Å². The van der Waals surface area contributed by atoms with Gasteiger partial charge in [0, 0.05) is 18.8 Å². The van der Waals surface area contributed by atoms with Crippen molar-refractivity contribution in [3.8, 4) is 0 Å². The molecule has 1 heterocycles. The van der Waals surface area contributed by atoms with Crippen LogP contribution in [-0.2, 0) is 24.3 Å². The molecular formula is C21H32N2O5S. The third-order valence-corrected chi connectivity index (χ3v) is 6.54. The zero-order valence-corrected chi connectivity index (χ0v) is 18.7. The fraction of sp³-hybridized carbons (Fsp3) is 0.619. The zero-order valence-electron chi connectivity index (χ0n) is 17.9. The summed E-state index contributed by atoms with van der Waals surface area (Å²) in [7, 11) is -3.24. The number of carbonyl (C=O) groups excluding carboxylic acids is 2. The van der Waals surface area contributed by atoms with Crippen LogP contribution >= 0.6 is 0 Å². The molecule has 1 fully saturated rings. The molecule has 0 spiro atoms. The van der Waals surface area contributed by atoms with Crippen molar-refractivity contribution in [1.29, 1.82) is 0 Å². The van der Waals surface area contributed by atoms with Crippen LogP contribution in [0.25, 0.3) is 0 Å². The second kappa shape index (κ2) is 9.71. The van der Waals surface area contributed by atoms with Crippen LogP contribution in [0.5, 0.6) is 0 Å². The summed E-state index contributed by atoms with van der Waals surface area (Å²) in [6, 6.07) is 5.98. The summed E-state index contributed by atoms with van der Waals surface area (Å²) < 4.78 is 29.7. The molecule has 1 N–H and O–H groups in total. The Kier molecular flexibility index (Phi) is 7.82. The van der Waals surface area contributed by atoms with E-state index >= 15 is 0 Å². The Morgan fingerprint density at radius 2 is 1.62 bits per heavy atom. The number of amides is 1. The number of para-hydroxylation sites is 1. The lowest BCUT2D eigenvalue weighted by atomic mass is 9.92. The molecule has 1 aromatic rings. The van der Waals surface area contributed by atoms with Gasteiger partial charge in [-0.1, -0.05) is 45.9 Å². The predicted octanol–water partition coefficient (Wildman–Crippen LogP) is 3.09. The summed E-state index contributed by atoms with van der Waals surface area (Å²) in [6.45, 7) is 8.51. The Bertz CT molecular complexity index is 814. The molecule has 8 heteroatoms. The average Bonchev–Trinajstić information content (AvgIpc) is 2.65. The van der Waals surface area contributed by atoms with Crippen molar-refractivity contribution in [2.45, 2.75) is 52.4 Å². The highest BCUT2D eigenvalue weighted by Crippen LogP contribution is 2.32. The summed E-state index contributed by atoms with van der Waals surface area (Å²) in [6.07, 6.45) is 1.97. The van der Waals surface area contributed by atoms with Gasteiger partial charge < -0.3 is 10.1 Å². The van der Waals surface area contributed by atoms with E-state index in [1.54, 1.807) is 0 Å². The van der Waals surface area contributed by atoms with E-state index in [1.165, 1.54) is 4.31 Å². The number of piperidine rings is 1. The standard InChI is InChI=1S/C21H32N2O5S/c1-14(2)17-7-6-8-18(15(3)4)20(17)22-19(24)13-28-21(25)16-9-11-23(12-10-16)29(5,26)27/h6-8,14-16H,9-13H2,1-5H3,(H,22,24). The van der Waals surface area contributed by atoms with Gasteiger partial charge in [-0.3, -0.25) is 9.59 Å². The van der Waals surface area contributed by atoms with Crippen molar-refractivity contribution in [2.24, 2.45) is 5.92 Å². The number of carbonyl (C=O) groups is 2. The molecule has 0 saturated carbocycles. The van der Waals surface area contributed by atoms with Crippen LogP contribution < -0.4 is 5.32 Å². The highest BCUT2D eigenvalue weighted by Gasteiger charge is 2.30. The van der Waals surface area contributed by atoms with Gasteiger partial charge in [0.05, 0.1) is 12.2 Å². The van der Waals surface area contributed by atoms with E-state index in [1.807, 2.05) is 18.2 Å². The topological polar surface area (TPSA) is 92.8 Å². The third-order valence-electron chi connectivity index (χ3n) is 5.24. The fourth-order valence-electron chi connectivity index (χ4n) is 3.55. The highest BCUT2D eigenvalue weighted by atomic mass is 32.2. The quantitative estimate of drug-likeness (QED) is 0.679. The molecule has 0 atom stereocenters. The predicted molar refractivity (Wildman–Crippen MR) is 113 cm³/mol. The second-order valence-corrected chi connectivity index (χ2v) is 10.2. The number of hydrogen-bond donors (Lipinski definition) is 1. The third kappa shape index (κ3) is 6.27. The first-order chi connectivity index (χ1) is 13.5. The first-order valence-electron chi connectivity index (χ1n) is 10.0. The maximum absolute atomic E-state index is 12.5. The minimum atomic E-state index is -3.24. The van der Waals surface area contributed by atoms with E-state index in [9.17, 15) is 18.0 Å². The summed E-state index contributed by atoms with van der Waals surface area (Å²) in [4.78, 5) is 24.7. The first-order valence-corrected chi connectivity index (χ1v) is 11.9. The molecule has 1 amide bonds. The summed E-state index contributed by atoms with van der Waals surface area (Å²) in [5.74, 6) is -0.718. The molecule has 29 heavy (non-hydrogen) atoms. The van der Waals surface area contributed by atoms with Gasteiger partial charge in [0.15, 0.2) is 6.61 Å². The van der Waals surface area contributed by atoms with Crippen molar-refractivity contribution in [1.82, 2.24) is 4.31 Å². The van der Waals surface area contributed by atoms with Gasteiger partial charge in [-0.25, -0.2) is 12.7 Å². The van der Waals surface area contributed by atoms with Crippen LogP contribution in [0.1, 0.15) is 63.5 Å². The molecule has 2 rings (SSSR count). The average molecular weight is 425 g/mol. The van der Waals surface area contributed by atoms with Crippen LogP contribution in [0.2, 0.25) is 0 Å². The normalized spacial score (nSPS) is 16.2. The van der Waals surface area contributed by atoms with Crippen molar-refractivity contribution >= 4 is 27.6 Å². The maximum atomic E-state index is 12.5. The highest BCUT2D eigenvalue weighted by molar-refractivity contribution is 7.88. The number of anilines is 1. The Balaban J connectivity index is 1.95. The summed E-state index contributed by atoms with van der Waals surface area (Å²) in [5, 5.41) is 2.92. The van der Waals surface area contributed by atoms with Crippen LogP contribution in [0, 0.1) is 5.92 Å². The molecule has 162 valence electrons. The lowest BCUT2D eigenvalue weighted by molar-refractivity contribution is -0.152. The first kappa shape index (κ1) is 23.3. The number of sulfonamides is 1. The Labute approximate surface area is 173 Å². The minimum absolute atomic E-state index is 0.242. The van der Waals surface area contributed by atoms with E-state index in [0.717, 1.165) is 23.1 Å². The molecular weight excluding hydrogens is 392 g/mol. The number of rotatable bonds is 7. The second-order valence-electron chi connectivity index (χ2n) is 8.21. The fourth-order valence-corrected chi connectivity index (χ4v) is 4.42. The number of nitrogens with one attached hydrogen (secondary N) is 1. The van der Waals surface area contributed by atoms with Crippen LogP contribution in [0.4, 0.5) is 5.69 Å². The van der Waals surface area contributed by atoms with Crippen molar-refractivity contribution in [3.05, 3.63) is 29.3 Å². The van der Waals surface area contributed by atoms with Gasteiger partial charge in [-0.05, 0) is 35.8 Å². The number of esters is 1. The van der Waals surface area contributed by atoms with Crippen LogP contribution in [0.3, 0.4) is 0 Å². The molecule has 1 saturated heterocycles. The minimum Gasteiger partial charge on any atom is -0.455 e. The molecule has 0 radical (unpaired) electrons. The lowest BCUT2D eigenvalue weighted by Gasteiger charge is -2.28. The number of benzene rings is 1. The van der Waals surface area contributed by atoms with E-state index in [2.05, 4.69) is 33.0 Å².